The van der Waals surface area contributed by atoms with Gasteiger partial charge in [-0.3, -0.25) is 0 Å². The average molecular weight is 539 g/mol. The molecule has 202 valence electrons. The lowest BCUT2D eigenvalue weighted by Gasteiger charge is -2.37. The van der Waals surface area contributed by atoms with Crippen molar-refractivity contribution in [2.24, 2.45) is 0 Å². The molecule has 0 radical (unpaired) electrons. The number of thiazole rings is 1. The highest BCUT2D eigenvalue weighted by atomic mass is 32.1. The number of hydrogen-bond acceptors (Lipinski definition) is 6. The molecule has 0 atom stereocenters. The van der Waals surface area contributed by atoms with Crippen LogP contribution in [0.2, 0.25) is 0 Å². The van der Waals surface area contributed by atoms with Gasteiger partial charge in [0, 0.05) is 68.3 Å². The van der Waals surface area contributed by atoms with Crippen LogP contribution in [-0.4, -0.2) is 45.3 Å². The van der Waals surface area contributed by atoms with E-state index in [1.807, 2.05) is 0 Å². The lowest BCUT2D eigenvalue weighted by Crippen LogP contribution is -2.36. The lowest BCUT2D eigenvalue weighted by molar-refractivity contribution is 0.160. The van der Waals surface area contributed by atoms with Gasteiger partial charge in [-0.25, -0.2) is 4.98 Å². The third-order valence-corrected chi connectivity index (χ3v) is 9.61. The molecule has 5 nitrogen and oxygen atoms in total. The minimum atomic E-state index is -0.740. The van der Waals surface area contributed by atoms with E-state index in [9.17, 15) is 0 Å². The van der Waals surface area contributed by atoms with Gasteiger partial charge in [-0.05, 0) is 87.7 Å². The second-order valence-corrected chi connectivity index (χ2v) is 11.6. The van der Waals surface area contributed by atoms with Crippen LogP contribution in [0.1, 0.15) is 49.3 Å². The van der Waals surface area contributed by atoms with E-state index < -0.39 is 5.60 Å². The van der Waals surface area contributed by atoms with Crippen molar-refractivity contribution >= 4 is 27.8 Å². The van der Waals surface area contributed by atoms with Crippen LogP contribution in [0.15, 0.2) is 54.6 Å². The zero-order chi connectivity index (χ0) is 27.5. The number of benzene rings is 3. The van der Waals surface area contributed by atoms with Crippen LogP contribution in [0.5, 0.6) is 5.75 Å². The molecule has 6 heteroatoms. The highest BCUT2D eigenvalue weighted by molar-refractivity contribution is 7.16. The summed E-state index contributed by atoms with van der Waals surface area (Å²) < 4.78 is 7.26. The fourth-order valence-electron chi connectivity index (χ4n) is 6.24. The minimum absolute atomic E-state index is 0.740. The first-order valence-electron chi connectivity index (χ1n) is 14.1. The SMILES string of the molecule is CCN(CC)c1ccc2c(c1)-c1cc(N(CC)CC)ccc1C21Oc2cc(C)ccc2-c2nc(N(C)C)sc21. The molecule has 1 spiro atoms. The summed E-state index contributed by atoms with van der Waals surface area (Å²) in [6, 6.07) is 20.4. The molecular weight excluding hydrogens is 500 g/mol. The topological polar surface area (TPSA) is 31.8 Å². The van der Waals surface area contributed by atoms with Gasteiger partial charge in [-0.15, -0.1) is 0 Å². The van der Waals surface area contributed by atoms with Crippen LogP contribution in [-0.2, 0) is 5.60 Å². The second-order valence-electron chi connectivity index (χ2n) is 10.7. The Morgan fingerprint density at radius 3 is 1.82 bits per heavy atom. The highest BCUT2D eigenvalue weighted by Gasteiger charge is 2.53. The summed E-state index contributed by atoms with van der Waals surface area (Å²) in [7, 11) is 4.13. The second kappa shape index (κ2) is 9.60. The molecule has 2 heterocycles. The number of nitrogens with zero attached hydrogens (tertiary/aromatic N) is 4. The van der Waals surface area contributed by atoms with Gasteiger partial charge in [0.1, 0.15) is 5.75 Å². The van der Waals surface area contributed by atoms with Gasteiger partial charge >= 0.3 is 0 Å². The first-order valence-corrected chi connectivity index (χ1v) is 15.0. The summed E-state index contributed by atoms with van der Waals surface area (Å²) >= 11 is 1.74. The molecule has 1 aliphatic heterocycles. The first kappa shape index (κ1) is 25.8. The monoisotopic (exact) mass is 538 g/mol. The molecule has 0 fully saturated rings. The van der Waals surface area contributed by atoms with Gasteiger partial charge in [0.25, 0.3) is 0 Å². The molecule has 1 aliphatic carbocycles. The Balaban J connectivity index is 1.68. The molecule has 1 aromatic heterocycles. The molecular formula is C33H38N4OS. The van der Waals surface area contributed by atoms with Crippen LogP contribution in [0, 0.1) is 6.92 Å². The van der Waals surface area contributed by atoms with Crippen LogP contribution in [0.25, 0.3) is 22.4 Å². The minimum Gasteiger partial charge on any atom is -0.471 e. The smallest absolute Gasteiger partial charge is 0.197 e. The lowest BCUT2D eigenvalue weighted by atomic mass is 9.84. The molecule has 6 rings (SSSR count). The van der Waals surface area contributed by atoms with Crippen molar-refractivity contribution in [3.63, 3.8) is 0 Å². The normalized spacial score (nSPS) is 13.8. The van der Waals surface area contributed by atoms with E-state index in [4.69, 9.17) is 9.72 Å². The Bertz CT molecular complexity index is 1490. The van der Waals surface area contributed by atoms with Gasteiger partial charge in [-0.1, -0.05) is 29.5 Å². The maximum Gasteiger partial charge on any atom is 0.197 e. The standard InChI is InChI=1S/C33H38N4OS/c1-8-36(9-2)22-13-16-27-25(19-22)26-20-23(37(10-3)11-4)14-17-28(26)33(27)31-30(34-32(39-31)35(6)7)24-15-12-21(5)18-29(24)38-33/h12-20H,8-11H2,1-7H3. The predicted molar refractivity (Wildman–Crippen MR) is 166 cm³/mol. The van der Waals surface area contributed by atoms with E-state index in [0.717, 1.165) is 53.2 Å². The average Bonchev–Trinajstić information content (AvgIpc) is 3.50. The Hall–Kier alpha value is -3.51. The zero-order valence-electron chi connectivity index (χ0n) is 24.1. The third kappa shape index (κ3) is 3.75. The molecule has 3 aromatic carbocycles. The van der Waals surface area contributed by atoms with E-state index in [1.165, 1.54) is 39.2 Å². The van der Waals surface area contributed by atoms with E-state index in [2.05, 4.69) is 118 Å². The van der Waals surface area contributed by atoms with Crippen molar-refractivity contribution in [2.75, 3.05) is 55.0 Å². The molecule has 0 saturated carbocycles. The molecule has 2 aliphatic rings. The zero-order valence-corrected chi connectivity index (χ0v) is 24.9. The summed E-state index contributed by atoms with van der Waals surface area (Å²) in [5.41, 5.74) is 9.96. The molecule has 4 aromatic rings. The van der Waals surface area contributed by atoms with E-state index in [-0.39, 0.29) is 0 Å². The van der Waals surface area contributed by atoms with Crippen LogP contribution >= 0.6 is 11.3 Å². The van der Waals surface area contributed by atoms with Crippen molar-refractivity contribution in [2.45, 2.75) is 40.2 Å². The molecule has 0 saturated heterocycles. The Labute approximate surface area is 236 Å². The van der Waals surface area contributed by atoms with Gasteiger partial charge in [0.15, 0.2) is 10.7 Å². The van der Waals surface area contributed by atoms with Gasteiger partial charge in [0.05, 0.1) is 10.6 Å². The first-order chi connectivity index (χ1) is 18.9. The fourth-order valence-corrected chi connectivity index (χ4v) is 7.40. The number of ether oxygens (including phenoxy) is 1. The quantitative estimate of drug-likeness (QED) is 0.243. The Kier molecular flexibility index (Phi) is 6.34. The van der Waals surface area contributed by atoms with Crippen LogP contribution < -0.4 is 19.4 Å². The van der Waals surface area contributed by atoms with Crippen molar-refractivity contribution < 1.29 is 4.74 Å². The van der Waals surface area contributed by atoms with Crippen molar-refractivity contribution in [3.8, 4) is 28.1 Å². The maximum atomic E-state index is 7.26. The van der Waals surface area contributed by atoms with E-state index in [0.29, 0.717) is 0 Å². The Morgan fingerprint density at radius 2 is 1.31 bits per heavy atom. The summed E-state index contributed by atoms with van der Waals surface area (Å²) in [6.45, 7) is 14.9. The van der Waals surface area contributed by atoms with Crippen molar-refractivity contribution in [1.29, 1.82) is 0 Å². The van der Waals surface area contributed by atoms with Crippen LogP contribution in [0.3, 0.4) is 0 Å². The molecule has 39 heavy (non-hydrogen) atoms. The molecule has 0 bridgehead atoms. The number of fused-ring (bicyclic) bond motifs is 9. The summed E-state index contributed by atoms with van der Waals surface area (Å²) in [6.07, 6.45) is 0. The Morgan fingerprint density at radius 1 is 0.744 bits per heavy atom. The predicted octanol–water partition coefficient (Wildman–Crippen LogP) is 7.54. The summed E-state index contributed by atoms with van der Waals surface area (Å²) in [4.78, 5) is 13.3. The number of hydrogen-bond donors (Lipinski definition) is 0. The van der Waals surface area contributed by atoms with Gasteiger partial charge < -0.3 is 19.4 Å². The fraction of sp³-hybridized carbons (Fsp3) is 0.364. The molecule has 0 amide bonds. The van der Waals surface area contributed by atoms with E-state index in [1.54, 1.807) is 11.3 Å². The third-order valence-electron chi connectivity index (χ3n) is 8.29. The number of anilines is 3. The largest absolute Gasteiger partial charge is 0.471 e. The van der Waals surface area contributed by atoms with Crippen molar-refractivity contribution in [3.05, 3.63) is 76.2 Å². The van der Waals surface area contributed by atoms with Crippen molar-refractivity contribution in [1.82, 2.24) is 4.98 Å². The van der Waals surface area contributed by atoms with E-state index >= 15 is 0 Å². The van der Waals surface area contributed by atoms with Gasteiger partial charge in [0.2, 0.25) is 0 Å². The molecule has 0 N–H and O–H groups in total. The summed E-state index contributed by atoms with van der Waals surface area (Å²) in [5, 5.41) is 0.992. The maximum absolute atomic E-state index is 7.26. The number of aromatic nitrogens is 1. The summed E-state index contributed by atoms with van der Waals surface area (Å²) in [5.74, 6) is 0.901. The number of aryl methyl sites for hydroxylation is 1. The number of rotatable bonds is 7. The highest BCUT2D eigenvalue weighted by Crippen LogP contribution is 2.61. The molecule has 0 unspecified atom stereocenters. The van der Waals surface area contributed by atoms with Gasteiger partial charge in [-0.2, -0.15) is 0 Å². The van der Waals surface area contributed by atoms with Crippen LogP contribution in [0.4, 0.5) is 16.5 Å².